The molecular formula is C19H25FN2O. The van der Waals surface area contributed by atoms with E-state index in [-0.39, 0.29) is 17.3 Å². The third kappa shape index (κ3) is 2.47. The van der Waals surface area contributed by atoms with E-state index in [9.17, 15) is 9.18 Å². The van der Waals surface area contributed by atoms with Crippen LogP contribution in [0, 0.1) is 5.82 Å². The molecule has 1 spiro atoms. The highest BCUT2D eigenvalue weighted by Crippen LogP contribution is 2.46. The second kappa shape index (κ2) is 5.59. The molecule has 2 fully saturated rings. The smallest absolute Gasteiger partial charge is 0.219 e. The molecule has 1 aromatic carbocycles. The van der Waals surface area contributed by atoms with Crippen molar-refractivity contribution >= 4 is 5.91 Å². The van der Waals surface area contributed by atoms with E-state index < -0.39 is 0 Å². The molecule has 2 aliphatic heterocycles. The number of nitrogens with zero attached hydrogens (tertiary/aromatic N) is 2. The van der Waals surface area contributed by atoms with E-state index in [4.69, 9.17) is 0 Å². The molecule has 4 heteroatoms. The molecule has 1 saturated carbocycles. The van der Waals surface area contributed by atoms with Gasteiger partial charge in [-0.1, -0.05) is 12.1 Å². The van der Waals surface area contributed by atoms with Crippen molar-refractivity contribution in [2.75, 3.05) is 13.1 Å². The quantitative estimate of drug-likeness (QED) is 0.795. The molecule has 0 unspecified atom stereocenters. The second-order valence-corrected chi connectivity index (χ2v) is 7.49. The molecule has 0 aromatic heterocycles. The van der Waals surface area contributed by atoms with Crippen LogP contribution in [0.15, 0.2) is 18.2 Å². The SMILES string of the molecule is CC(=O)N1CC[C@H](N2CCc3cccc(F)c3C2)CC12CCC2. The second-order valence-electron chi connectivity index (χ2n) is 7.49. The fraction of sp³-hybridized carbons (Fsp3) is 0.632. The molecule has 0 N–H and O–H groups in total. The Hall–Kier alpha value is -1.42. The van der Waals surface area contributed by atoms with Gasteiger partial charge in [-0.3, -0.25) is 9.69 Å². The molecule has 0 bridgehead atoms. The normalized spacial score (nSPS) is 26.7. The number of likely N-dealkylation sites (tertiary alicyclic amines) is 1. The first-order chi connectivity index (χ1) is 11.1. The van der Waals surface area contributed by atoms with E-state index in [1.54, 1.807) is 13.0 Å². The predicted molar refractivity (Wildman–Crippen MR) is 87.5 cm³/mol. The van der Waals surface area contributed by atoms with Crippen LogP contribution >= 0.6 is 0 Å². The van der Waals surface area contributed by atoms with Gasteiger partial charge in [-0.25, -0.2) is 4.39 Å². The minimum absolute atomic E-state index is 0.0632. The number of amides is 1. The topological polar surface area (TPSA) is 23.6 Å². The van der Waals surface area contributed by atoms with E-state index >= 15 is 0 Å². The van der Waals surface area contributed by atoms with Gasteiger partial charge in [-0.05, 0) is 50.2 Å². The summed E-state index contributed by atoms with van der Waals surface area (Å²) in [7, 11) is 0. The maximum atomic E-state index is 14.1. The minimum atomic E-state index is -0.0632. The fourth-order valence-electron chi connectivity index (χ4n) is 4.90. The van der Waals surface area contributed by atoms with Gasteiger partial charge in [0, 0.05) is 43.7 Å². The number of benzene rings is 1. The lowest BCUT2D eigenvalue weighted by molar-refractivity contribution is -0.145. The number of piperidine rings is 1. The van der Waals surface area contributed by atoms with Crippen molar-refractivity contribution in [2.45, 2.75) is 63.6 Å². The summed E-state index contributed by atoms with van der Waals surface area (Å²) in [6.45, 7) is 4.30. The zero-order valence-electron chi connectivity index (χ0n) is 13.9. The zero-order valence-corrected chi connectivity index (χ0v) is 13.9. The summed E-state index contributed by atoms with van der Waals surface area (Å²) in [6.07, 6.45) is 6.53. The first-order valence-electron chi connectivity index (χ1n) is 8.88. The van der Waals surface area contributed by atoms with Crippen LogP contribution in [-0.4, -0.2) is 40.4 Å². The van der Waals surface area contributed by atoms with Crippen LogP contribution in [-0.2, 0) is 17.8 Å². The van der Waals surface area contributed by atoms with E-state index in [0.29, 0.717) is 6.04 Å². The summed E-state index contributed by atoms with van der Waals surface area (Å²) in [5.41, 5.74) is 2.15. The van der Waals surface area contributed by atoms with Gasteiger partial charge in [-0.15, -0.1) is 0 Å². The van der Waals surface area contributed by atoms with Crippen LogP contribution < -0.4 is 0 Å². The number of rotatable bonds is 1. The average molecular weight is 316 g/mol. The number of hydrogen-bond acceptors (Lipinski definition) is 2. The molecule has 1 aliphatic carbocycles. The van der Waals surface area contributed by atoms with Crippen molar-refractivity contribution in [3.63, 3.8) is 0 Å². The van der Waals surface area contributed by atoms with Gasteiger partial charge in [0.15, 0.2) is 0 Å². The molecule has 1 amide bonds. The van der Waals surface area contributed by atoms with Gasteiger partial charge in [0.05, 0.1) is 0 Å². The molecule has 4 rings (SSSR count). The number of halogens is 1. The minimum Gasteiger partial charge on any atom is -0.337 e. The first kappa shape index (κ1) is 15.1. The van der Waals surface area contributed by atoms with Gasteiger partial charge in [0.25, 0.3) is 0 Å². The van der Waals surface area contributed by atoms with Crippen LogP contribution in [0.4, 0.5) is 4.39 Å². The summed E-state index contributed by atoms with van der Waals surface area (Å²) in [6, 6.07) is 5.94. The van der Waals surface area contributed by atoms with Gasteiger partial charge >= 0.3 is 0 Å². The summed E-state index contributed by atoms with van der Waals surface area (Å²) in [4.78, 5) is 16.5. The first-order valence-corrected chi connectivity index (χ1v) is 8.88. The fourth-order valence-corrected chi connectivity index (χ4v) is 4.90. The molecule has 1 saturated heterocycles. The van der Waals surface area contributed by atoms with E-state index in [2.05, 4.69) is 15.9 Å². The number of carbonyl (C=O) groups excluding carboxylic acids is 1. The Kier molecular flexibility index (Phi) is 3.67. The number of hydrogen-bond donors (Lipinski definition) is 0. The van der Waals surface area contributed by atoms with Crippen molar-refractivity contribution in [1.82, 2.24) is 9.80 Å². The van der Waals surface area contributed by atoms with Gasteiger partial charge < -0.3 is 4.90 Å². The van der Waals surface area contributed by atoms with Crippen molar-refractivity contribution in [1.29, 1.82) is 0 Å². The van der Waals surface area contributed by atoms with Crippen LogP contribution in [0.1, 0.15) is 50.2 Å². The lowest BCUT2D eigenvalue weighted by atomic mass is 9.68. The maximum Gasteiger partial charge on any atom is 0.219 e. The Bertz CT molecular complexity index is 626. The largest absolute Gasteiger partial charge is 0.337 e. The summed E-state index contributed by atoms with van der Waals surface area (Å²) in [5.74, 6) is 0.157. The Labute approximate surface area is 137 Å². The Morgan fingerprint density at radius 2 is 2.13 bits per heavy atom. The third-order valence-corrected chi connectivity index (χ3v) is 6.30. The lowest BCUT2D eigenvalue weighted by Crippen LogP contribution is -2.63. The summed E-state index contributed by atoms with van der Waals surface area (Å²) >= 11 is 0. The highest BCUT2D eigenvalue weighted by molar-refractivity contribution is 5.74. The molecule has 2 heterocycles. The van der Waals surface area contributed by atoms with Crippen molar-refractivity contribution in [3.05, 3.63) is 35.1 Å². The molecule has 3 nitrogen and oxygen atoms in total. The highest BCUT2D eigenvalue weighted by atomic mass is 19.1. The monoisotopic (exact) mass is 316 g/mol. The highest BCUT2D eigenvalue weighted by Gasteiger charge is 2.48. The van der Waals surface area contributed by atoms with Gasteiger partial charge in [0.1, 0.15) is 5.82 Å². The molecular weight excluding hydrogens is 291 g/mol. The van der Waals surface area contributed by atoms with E-state index in [0.717, 1.165) is 57.3 Å². The van der Waals surface area contributed by atoms with Crippen molar-refractivity contribution in [3.8, 4) is 0 Å². The number of carbonyl (C=O) groups is 1. The Morgan fingerprint density at radius 3 is 2.83 bits per heavy atom. The Morgan fingerprint density at radius 1 is 1.30 bits per heavy atom. The predicted octanol–water partition coefficient (Wildman–Crippen LogP) is 3.12. The van der Waals surface area contributed by atoms with Crippen molar-refractivity contribution in [2.24, 2.45) is 0 Å². The van der Waals surface area contributed by atoms with Crippen LogP contribution in [0.25, 0.3) is 0 Å². The van der Waals surface area contributed by atoms with E-state index in [1.807, 2.05) is 6.07 Å². The lowest BCUT2D eigenvalue weighted by Gasteiger charge is -2.56. The number of fused-ring (bicyclic) bond motifs is 1. The standard InChI is InChI=1S/C19H25FN2O/c1-14(23)22-11-7-16(12-19(22)8-3-9-19)21-10-6-15-4-2-5-18(20)17(15)13-21/h2,4-5,16H,3,6-13H2,1H3/t16-/m0/s1. The maximum absolute atomic E-state index is 14.1. The summed E-state index contributed by atoms with van der Waals surface area (Å²) in [5, 5.41) is 0. The van der Waals surface area contributed by atoms with Crippen LogP contribution in [0.3, 0.4) is 0 Å². The van der Waals surface area contributed by atoms with E-state index in [1.165, 1.54) is 12.0 Å². The van der Waals surface area contributed by atoms with Crippen LogP contribution in [0.2, 0.25) is 0 Å². The average Bonchev–Trinajstić information content (AvgIpc) is 2.53. The van der Waals surface area contributed by atoms with Gasteiger partial charge in [-0.2, -0.15) is 0 Å². The van der Waals surface area contributed by atoms with Gasteiger partial charge in [0.2, 0.25) is 5.91 Å². The molecule has 0 radical (unpaired) electrons. The molecule has 124 valence electrons. The van der Waals surface area contributed by atoms with Crippen molar-refractivity contribution < 1.29 is 9.18 Å². The molecule has 1 aromatic rings. The summed E-state index contributed by atoms with van der Waals surface area (Å²) < 4.78 is 14.1. The molecule has 3 aliphatic rings. The Balaban J connectivity index is 1.52. The molecule has 23 heavy (non-hydrogen) atoms. The zero-order chi connectivity index (χ0) is 16.0. The third-order valence-electron chi connectivity index (χ3n) is 6.30. The molecule has 1 atom stereocenters. The van der Waals surface area contributed by atoms with Crippen LogP contribution in [0.5, 0.6) is 0 Å².